The molecule has 3 atom stereocenters. The van der Waals surface area contributed by atoms with Gasteiger partial charge in [-0.25, -0.2) is 9.59 Å². The van der Waals surface area contributed by atoms with Gasteiger partial charge in [0.15, 0.2) is 0 Å². The molecule has 0 bridgehead atoms. The molecule has 5 amide bonds. The van der Waals surface area contributed by atoms with Gasteiger partial charge in [-0.05, 0) is 36.2 Å². The Morgan fingerprint density at radius 1 is 0.967 bits per heavy atom. The standard InChI is InChI=1S/C22H24N4O4/c1-2-3-12-26-19-17(20(27)25-22(26)29)18(23-21(28)24-19)14-8-7-11-16(13-14)30-15-9-5-4-6-10-15/h4-11,13,17-19H,2-3,12H2,1H3,(H2,23,24,28)(H,25,27,29). The fourth-order valence-electron chi connectivity index (χ4n) is 3.89. The van der Waals surface area contributed by atoms with Crippen LogP contribution >= 0.6 is 0 Å². The van der Waals surface area contributed by atoms with E-state index in [0.717, 1.165) is 18.4 Å². The second-order valence-corrected chi connectivity index (χ2v) is 7.40. The molecule has 0 saturated carbocycles. The summed E-state index contributed by atoms with van der Waals surface area (Å²) in [6.45, 7) is 2.48. The molecule has 3 unspecified atom stereocenters. The average Bonchev–Trinajstić information content (AvgIpc) is 2.74. The van der Waals surface area contributed by atoms with Crippen LogP contribution < -0.4 is 20.7 Å². The zero-order valence-corrected chi connectivity index (χ0v) is 16.6. The number of benzene rings is 2. The van der Waals surface area contributed by atoms with Crippen molar-refractivity contribution in [3.63, 3.8) is 0 Å². The van der Waals surface area contributed by atoms with Gasteiger partial charge >= 0.3 is 12.1 Å². The predicted octanol–water partition coefficient (Wildman–Crippen LogP) is 3.13. The van der Waals surface area contributed by atoms with E-state index >= 15 is 0 Å². The van der Waals surface area contributed by atoms with Crippen molar-refractivity contribution < 1.29 is 19.1 Å². The predicted molar refractivity (Wildman–Crippen MR) is 110 cm³/mol. The van der Waals surface area contributed by atoms with E-state index in [1.165, 1.54) is 4.90 Å². The number of carbonyl (C=O) groups is 3. The van der Waals surface area contributed by atoms with Gasteiger partial charge in [0.1, 0.15) is 23.6 Å². The summed E-state index contributed by atoms with van der Waals surface area (Å²) in [6, 6.07) is 15.1. The van der Waals surface area contributed by atoms with Crippen LogP contribution in [-0.2, 0) is 4.79 Å². The molecule has 0 radical (unpaired) electrons. The van der Waals surface area contributed by atoms with Crippen molar-refractivity contribution in [2.24, 2.45) is 5.92 Å². The maximum absolute atomic E-state index is 12.7. The van der Waals surface area contributed by atoms with Crippen LogP contribution in [0.15, 0.2) is 54.6 Å². The Morgan fingerprint density at radius 2 is 1.73 bits per heavy atom. The fourth-order valence-corrected chi connectivity index (χ4v) is 3.89. The number of carbonyl (C=O) groups excluding carboxylic acids is 3. The van der Waals surface area contributed by atoms with Gasteiger partial charge in [0.25, 0.3) is 0 Å². The lowest BCUT2D eigenvalue weighted by Crippen LogP contribution is -2.72. The van der Waals surface area contributed by atoms with Gasteiger partial charge in [-0.1, -0.05) is 43.7 Å². The molecule has 8 nitrogen and oxygen atoms in total. The normalized spacial score (nSPS) is 23.2. The molecule has 0 aliphatic carbocycles. The summed E-state index contributed by atoms with van der Waals surface area (Å²) in [4.78, 5) is 39.0. The zero-order chi connectivity index (χ0) is 21.1. The van der Waals surface area contributed by atoms with Crippen LogP contribution in [0.25, 0.3) is 0 Å². The summed E-state index contributed by atoms with van der Waals surface area (Å²) in [7, 11) is 0. The maximum Gasteiger partial charge on any atom is 0.325 e. The summed E-state index contributed by atoms with van der Waals surface area (Å²) in [6.07, 6.45) is 0.971. The van der Waals surface area contributed by atoms with E-state index in [4.69, 9.17) is 4.74 Å². The van der Waals surface area contributed by atoms with Crippen LogP contribution in [0.1, 0.15) is 31.4 Å². The largest absolute Gasteiger partial charge is 0.457 e. The summed E-state index contributed by atoms with van der Waals surface area (Å²) < 4.78 is 5.90. The lowest BCUT2D eigenvalue weighted by molar-refractivity contribution is -0.130. The highest BCUT2D eigenvalue weighted by Gasteiger charge is 2.49. The lowest BCUT2D eigenvalue weighted by atomic mass is 9.86. The maximum atomic E-state index is 12.7. The quantitative estimate of drug-likeness (QED) is 0.684. The summed E-state index contributed by atoms with van der Waals surface area (Å²) in [5.74, 6) is 0.209. The topological polar surface area (TPSA) is 99.8 Å². The Hall–Kier alpha value is -3.55. The first kappa shape index (κ1) is 19.8. The molecule has 3 N–H and O–H groups in total. The number of amides is 5. The molecule has 2 saturated heterocycles. The lowest BCUT2D eigenvalue weighted by Gasteiger charge is -2.46. The van der Waals surface area contributed by atoms with E-state index in [0.29, 0.717) is 18.0 Å². The van der Waals surface area contributed by atoms with Crippen LogP contribution in [0.5, 0.6) is 11.5 Å². The Bertz CT molecular complexity index is 949. The third-order valence-electron chi connectivity index (χ3n) is 5.34. The number of rotatable bonds is 6. The first-order chi connectivity index (χ1) is 14.6. The number of para-hydroxylation sites is 1. The molecule has 2 fully saturated rings. The third-order valence-corrected chi connectivity index (χ3v) is 5.34. The second kappa shape index (κ2) is 8.44. The molecule has 2 aliphatic heterocycles. The minimum atomic E-state index is -0.699. The number of fused-ring (bicyclic) bond motifs is 1. The molecule has 0 spiro atoms. The van der Waals surface area contributed by atoms with Gasteiger partial charge < -0.3 is 20.3 Å². The van der Waals surface area contributed by atoms with Crippen molar-refractivity contribution in [1.29, 1.82) is 0 Å². The van der Waals surface area contributed by atoms with E-state index < -0.39 is 36.1 Å². The van der Waals surface area contributed by atoms with Crippen molar-refractivity contribution in [2.45, 2.75) is 32.0 Å². The van der Waals surface area contributed by atoms with Crippen LogP contribution in [0.2, 0.25) is 0 Å². The van der Waals surface area contributed by atoms with Crippen molar-refractivity contribution in [3.05, 3.63) is 60.2 Å². The summed E-state index contributed by atoms with van der Waals surface area (Å²) in [5.41, 5.74) is 0.730. The number of urea groups is 2. The molecular formula is C22H24N4O4. The number of nitrogens with zero attached hydrogens (tertiary/aromatic N) is 1. The van der Waals surface area contributed by atoms with Gasteiger partial charge in [0.05, 0.1) is 6.04 Å². The highest BCUT2D eigenvalue weighted by molar-refractivity contribution is 6.00. The zero-order valence-electron chi connectivity index (χ0n) is 16.6. The monoisotopic (exact) mass is 408 g/mol. The third kappa shape index (κ3) is 3.94. The number of hydrogen-bond donors (Lipinski definition) is 3. The van der Waals surface area contributed by atoms with Gasteiger partial charge in [-0.15, -0.1) is 0 Å². The minimum Gasteiger partial charge on any atom is -0.457 e. The smallest absolute Gasteiger partial charge is 0.325 e. The molecule has 156 valence electrons. The SMILES string of the molecule is CCCCN1C(=O)NC(=O)C2C(c3cccc(Oc4ccccc4)c3)NC(=O)NC21. The number of hydrogen-bond acceptors (Lipinski definition) is 4. The van der Waals surface area contributed by atoms with Gasteiger partial charge in [-0.3, -0.25) is 10.1 Å². The molecular weight excluding hydrogens is 384 g/mol. The van der Waals surface area contributed by atoms with Crippen molar-refractivity contribution in [2.75, 3.05) is 6.54 Å². The first-order valence-electron chi connectivity index (χ1n) is 10.1. The molecule has 0 aromatic heterocycles. The van der Waals surface area contributed by atoms with Gasteiger partial charge in [-0.2, -0.15) is 0 Å². The number of imide groups is 1. The van der Waals surface area contributed by atoms with Crippen LogP contribution in [0.3, 0.4) is 0 Å². The number of unbranched alkanes of at least 4 members (excludes halogenated alkanes) is 1. The molecule has 2 aromatic rings. The van der Waals surface area contributed by atoms with Crippen molar-refractivity contribution in [3.8, 4) is 11.5 Å². The molecule has 2 aromatic carbocycles. The molecule has 2 aliphatic rings. The van der Waals surface area contributed by atoms with E-state index in [1.54, 1.807) is 6.07 Å². The van der Waals surface area contributed by atoms with Crippen molar-refractivity contribution >= 4 is 18.0 Å². The Balaban J connectivity index is 1.63. The second-order valence-electron chi connectivity index (χ2n) is 7.40. The highest BCUT2D eigenvalue weighted by Crippen LogP contribution is 2.34. The fraction of sp³-hybridized carbons (Fsp3) is 0.318. The van der Waals surface area contributed by atoms with Gasteiger partial charge in [0.2, 0.25) is 5.91 Å². The number of nitrogens with one attached hydrogen (secondary N) is 3. The Kier molecular flexibility index (Phi) is 5.56. The van der Waals surface area contributed by atoms with E-state index in [9.17, 15) is 14.4 Å². The number of ether oxygens (including phenoxy) is 1. The molecule has 30 heavy (non-hydrogen) atoms. The van der Waals surface area contributed by atoms with Crippen LogP contribution in [0.4, 0.5) is 9.59 Å². The first-order valence-corrected chi connectivity index (χ1v) is 10.1. The summed E-state index contributed by atoms with van der Waals surface area (Å²) in [5, 5.41) is 8.03. The average molecular weight is 408 g/mol. The minimum absolute atomic E-state index is 0.412. The molecule has 8 heteroatoms. The molecule has 2 heterocycles. The van der Waals surface area contributed by atoms with E-state index in [1.807, 2.05) is 55.5 Å². The molecule has 4 rings (SSSR count). The van der Waals surface area contributed by atoms with Crippen LogP contribution in [-0.4, -0.2) is 35.6 Å². The summed E-state index contributed by atoms with van der Waals surface area (Å²) >= 11 is 0. The van der Waals surface area contributed by atoms with Crippen molar-refractivity contribution in [1.82, 2.24) is 20.9 Å². The van der Waals surface area contributed by atoms with E-state index in [2.05, 4.69) is 16.0 Å². The Morgan fingerprint density at radius 3 is 2.50 bits per heavy atom. The van der Waals surface area contributed by atoms with Crippen LogP contribution in [0, 0.1) is 5.92 Å². The van der Waals surface area contributed by atoms with Gasteiger partial charge in [0, 0.05) is 6.54 Å². The van der Waals surface area contributed by atoms with E-state index in [-0.39, 0.29) is 0 Å². The highest BCUT2D eigenvalue weighted by atomic mass is 16.5. The Labute approximate surface area is 174 Å².